The minimum Gasteiger partial charge on any atom is -0.495 e. The number of ether oxygens (including phenoxy) is 1. The number of anilines is 1. The Hall–Kier alpha value is -6.16. The zero-order valence-electron chi connectivity index (χ0n) is 29.6. The summed E-state index contributed by atoms with van der Waals surface area (Å²) in [6.45, 7) is 4.14. The maximum Gasteiger partial charge on any atom is 0.244 e. The third kappa shape index (κ3) is 7.72. The summed E-state index contributed by atoms with van der Waals surface area (Å²) >= 11 is 0. The Morgan fingerprint density at radius 3 is 2.02 bits per heavy atom. The second kappa shape index (κ2) is 16.0. The van der Waals surface area contributed by atoms with Crippen LogP contribution in [0.25, 0.3) is 0 Å². The highest BCUT2D eigenvalue weighted by atomic mass is 32.2. The van der Waals surface area contributed by atoms with Crippen molar-refractivity contribution in [3.8, 4) is 11.8 Å². The maximum absolute atomic E-state index is 14.0. The second-order valence-corrected chi connectivity index (χ2v) is 14.5. The quantitative estimate of drug-likeness (QED) is 0.126. The molecule has 0 spiro atoms. The molecule has 5 aromatic carbocycles. The molecule has 12 heteroatoms. The van der Waals surface area contributed by atoms with Crippen LogP contribution in [0.5, 0.6) is 5.75 Å². The minimum absolute atomic E-state index is 0.0259. The molecule has 0 aliphatic carbocycles. The maximum atomic E-state index is 14.0. The van der Waals surface area contributed by atoms with E-state index in [1.165, 1.54) is 25.3 Å². The van der Waals surface area contributed by atoms with Gasteiger partial charge in [-0.15, -0.1) is 5.10 Å². The molecule has 6 rings (SSSR count). The number of amides is 1. The van der Waals surface area contributed by atoms with E-state index in [-0.39, 0.29) is 47.4 Å². The van der Waals surface area contributed by atoms with Gasteiger partial charge >= 0.3 is 0 Å². The Bertz CT molecular complexity index is 2240. The fourth-order valence-corrected chi connectivity index (χ4v) is 7.69. The van der Waals surface area contributed by atoms with Gasteiger partial charge in [-0.25, -0.2) is 17.8 Å². The number of carbonyl (C=O) groups excluding carboxylic acids is 1. The Morgan fingerprint density at radius 1 is 0.868 bits per heavy atom. The van der Waals surface area contributed by atoms with Crippen molar-refractivity contribution in [1.82, 2.24) is 24.9 Å². The molecule has 2 N–H and O–H groups in total. The van der Waals surface area contributed by atoms with Gasteiger partial charge in [-0.05, 0) is 74.8 Å². The van der Waals surface area contributed by atoms with E-state index in [0.29, 0.717) is 11.5 Å². The van der Waals surface area contributed by atoms with Gasteiger partial charge in [0.2, 0.25) is 15.9 Å². The molecule has 0 aliphatic heterocycles. The molecular formula is C41H39N7O4S. The number of sulfonamides is 1. The molecule has 1 amide bonds. The van der Waals surface area contributed by atoms with Gasteiger partial charge in [0.15, 0.2) is 5.82 Å². The number of nitriles is 1. The van der Waals surface area contributed by atoms with Gasteiger partial charge in [-0.1, -0.05) is 117 Å². The molecule has 1 heterocycles. The van der Waals surface area contributed by atoms with E-state index in [9.17, 15) is 18.5 Å². The van der Waals surface area contributed by atoms with E-state index in [0.717, 1.165) is 27.8 Å². The number of rotatable bonds is 14. The first-order chi connectivity index (χ1) is 25.7. The number of aromatic nitrogens is 4. The summed E-state index contributed by atoms with van der Waals surface area (Å²) in [4.78, 5) is 13.9. The van der Waals surface area contributed by atoms with Crippen molar-refractivity contribution < 1.29 is 17.9 Å². The molecule has 1 aromatic heterocycles. The first kappa shape index (κ1) is 36.6. The standard InChI is InChI=1S/C41H39N7O4S/c1-29(2)32-21-20-31(23-24-43-53(50,51)38-25-30(28-42)19-22-37(38)52-3)36(26-32)44-40(49)27-39-45-46-47-48(39)41(33-13-7-4-8-14-33,34-15-9-5-10-16-34)35-17-11-6-12-18-35/h4-22,25-26,29,43H,23-24,27H2,1-3H3,(H,44,49). The number of hydrogen-bond donors (Lipinski definition) is 2. The highest BCUT2D eigenvalue weighted by Gasteiger charge is 2.41. The van der Waals surface area contributed by atoms with E-state index < -0.39 is 15.6 Å². The van der Waals surface area contributed by atoms with E-state index in [2.05, 4.69) is 39.4 Å². The van der Waals surface area contributed by atoms with Crippen LogP contribution in [0.2, 0.25) is 0 Å². The first-order valence-electron chi connectivity index (χ1n) is 17.1. The molecule has 0 unspecified atom stereocenters. The lowest BCUT2D eigenvalue weighted by molar-refractivity contribution is -0.115. The zero-order chi connectivity index (χ0) is 37.4. The molecular weight excluding hydrogens is 687 g/mol. The van der Waals surface area contributed by atoms with E-state index >= 15 is 0 Å². The molecule has 0 aliphatic rings. The Labute approximate surface area is 309 Å². The lowest BCUT2D eigenvalue weighted by Gasteiger charge is -2.36. The molecule has 0 fully saturated rings. The smallest absolute Gasteiger partial charge is 0.244 e. The molecule has 0 saturated carbocycles. The predicted molar refractivity (Wildman–Crippen MR) is 202 cm³/mol. The summed E-state index contributed by atoms with van der Waals surface area (Å²) in [6, 6.07) is 41.8. The molecule has 0 atom stereocenters. The fourth-order valence-electron chi connectivity index (χ4n) is 6.46. The number of hydrogen-bond acceptors (Lipinski definition) is 8. The Balaban J connectivity index is 1.30. The van der Waals surface area contributed by atoms with Crippen molar-refractivity contribution in [3.63, 3.8) is 0 Å². The van der Waals surface area contributed by atoms with Gasteiger partial charge < -0.3 is 10.1 Å². The van der Waals surface area contributed by atoms with Crippen LogP contribution in [0.1, 0.15) is 59.0 Å². The molecule has 53 heavy (non-hydrogen) atoms. The number of benzene rings is 5. The van der Waals surface area contributed by atoms with E-state index in [1.54, 1.807) is 4.68 Å². The first-order valence-corrected chi connectivity index (χ1v) is 18.6. The van der Waals surface area contributed by atoms with Crippen molar-refractivity contribution in [2.75, 3.05) is 19.0 Å². The van der Waals surface area contributed by atoms with E-state index in [4.69, 9.17) is 4.74 Å². The average molecular weight is 726 g/mol. The van der Waals surface area contributed by atoms with Crippen LogP contribution in [0.4, 0.5) is 5.69 Å². The topological polar surface area (TPSA) is 152 Å². The van der Waals surface area contributed by atoms with Crippen LogP contribution in [0.15, 0.2) is 132 Å². The third-order valence-electron chi connectivity index (χ3n) is 9.09. The zero-order valence-corrected chi connectivity index (χ0v) is 30.4. The third-order valence-corrected chi connectivity index (χ3v) is 10.6. The normalized spacial score (nSPS) is 11.6. The van der Waals surface area contributed by atoms with Gasteiger partial charge in [0.1, 0.15) is 16.2 Å². The highest BCUT2D eigenvalue weighted by Crippen LogP contribution is 2.40. The van der Waals surface area contributed by atoms with E-state index in [1.807, 2.05) is 115 Å². The van der Waals surface area contributed by atoms with Crippen molar-refractivity contribution in [1.29, 1.82) is 5.26 Å². The Kier molecular flexibility index (Phi) is 11.1. The molecule has 0 radical (unpaired) electrons. The number of carbonyl (C=O) groups is 1. The van der Waals surface area contributed by atoms with Crippen LogP contribution in [0.3, 0.4) is 0 Å². The number of nitrogens with zero attached hydrogens (tertiary/aromatic N) is 5. The Morgan fingerprint density at radius 2 is 1.47 bits per heavy atom. The van der Waals surface area contributed by atoms with Crippen LogP contribution in [0, 0.1) is 11.3 Å². The lowest BCUT2D eigenvalue weighted by Crippen LogP contribution is -2.40. The second-order valence-electron chi connectivity index (χ2n) is 12.7. The molecule has 0 bridgehead atoms. The SMILES string of the molecule is COc1ccc(C#N)cc1S(=O)(=O)NCCc1ccc(C(C)C)cc1NC(=O)Cc1nnnn1C(c1ccccc1)(c1ccccc1)c1ccccc1. The lowest BCUT2D eigenvalue weighted by atomic mass is 9.77. The summed E-state index contributed by atoms with van der Waals surface area (Å²) in [5.74, 6) is 0.310. The van der Waals surface area contributed by atoms with Crippen LogP contribution < -0.4 is 14.8 Å². The molecule has 6 aromatic rings. The monoisotopic (exact) mass is 725 g/mol. The largest absolute Gasteiger partial charge is 0.495 e. The van der Waals surface area contributed by atoms with Gasteiger partial charge in [0, 0.05) is 12.2 Å². The van der Waals surface area contributed by atoms with Gasteiger partial charge in [-0.3, -0.25) is 4.79 Å². The summed E-state index contributed by atoms with van der Waals surface area (Å²) in [5.41, 5.74) is 4.23. The summed E-state index contributed by atoms with van der Waals surface area (Å²) in [5, 5.41) is 25.4. The van der Waals surface area contributed by atoms with Gasteiger partial charge in [0.25, 0.3) is 0 Å². The van der Waals surface area contributed by atoms with Gasteiger partial charge in [0.05, 0.1) is 25.2 Å². The van der Waals surface area contributed by atoms with Crippen LogP contribution >= 0.6 is 0 Å². The van der Waals surface area contributed by atoms with Crippen molar-refractivity contribution in [2.24, 2.45) is 0 Å². The summed E-state index contributed by atoms with van der Waals surface area (Å²) in [6.07, 6.45) is 0.124. The summed E-state index contributed by atoms with van der Waals surface area (Å²) in [7, 11) is -2.65. The van der Waals surface area contributed by atoms with Gasteiger partial charge in [-0.2, -0.15) is 5.26 Å². The number of methoxy groups -OCH3 is 1. The van der Waals surface area contributed by atoms with Crippen molar-refractivity contribution >= 4 is 21.6 Å². The summed E-state index contributed by atoms with van der Waals surface area (Å²) < 4.78 is 36.2. The fraction of sp³-hybridized carbons (Fsp3) is 0.195. The minimum atomic E-state index is -4.02. The van der Waals surface area contributed by atoms with Crippen molar-refractivity contribution in [3.05, 3.63) is 167 Å². The molecule has 11 nitrogen and oxygen atoms in total. The van der Waals surface area contributed by atoms with Crippen LogP contribution in [-0.4, -0.2) is 48.2 Å². The average Bonchev–Trinajstić information content (AvgIpc) is 3.64. The number of tetrazole rings is 1. The predicted octanol–water partition coefficient (Wildman–Crippen LogP) is 6.22. The highest BCUT2D eigenvalue weighted by molar-refractivity contribution is 7.89. The van der Waals surface area contributed by atoms with Crippen molar-refractivity contribution in [2.45, 2.75) is 43.0 Å². The number of nitrogens with one attached hydrogen (secondary N) is 2. The van der Waals surface area contributed by atoms with Crippen LogP contribution in [-0.2, 0) is 33.2 Å². The molecule has 0 saturated heterocycles. The molecule has 268 valence electrons.